The Morgan fingerprint density at radius 2 is 1.00 bits per heavy atom. The zero-order valence-corrected chi connectivity index (χ0v) is 32.5. The maximum Gasteiger partial charge on any atom is 0.110 e. The molecule has 0 unspecified atom stereocenters. The number of imidazole rings is 1. The van der Waals surface area contributed by atoms with E-state index in [1.54, 1.807) is 91.4 Å². The second-order valence-corrected chi connectivity index (χ2v) is 14.5. The maximum atomic E-state index is 9.63. The quantitative estimate of drug-likeness (QED) is 0.130. The van der Waals surface area contributed by atoms with Crippen molar-refractivity contribution in [1.82, 2.24) is 24.3 Å². The summed E-state index contributed by atoms with van der Waals surface area (Å²) in [5.41, 5.74) is 8.86. The summed E-state index contributed by atoms with van der Waals surface area (Å²) >= 11 is 0. The summed E-state index contributed by atoms with van der Waals surface area (Å²) in [7, 11) is 0. The largest absolute Gasteiger partial charge is 0.294 e. The Morgan fingerprint density at radius 1 is 0.458 bits per heavy atom. The van der Waals surface area contributed by atoms with Gasteiger partial charge in [-0.3, -0.25) is 19.4 Å². The molecular weight excluding hydrogens is 719 g/mol. The molecule has 10 rings (SSSR count). The van der Waals surface area contributed by atoms with E-state index in [2.05, 4.69) is 20.4 Å². The molecule has 0 atom stereocenters. The van der Waals surface area contributed by atoms with Gasteiger partial charge in [0.1, 0.15) is 5.82 Å². The van der Waals surface area contributed by atoms with Gasteiger partial charge in [0.05, 0.1) is 33.6 Å². The van der Waals surface area contributed by atoms with Gasteiger partial charge in [-0.1, -0.05) is 115 Å². The molecule has 0 aliphatic carbocycles. The van der Waals surface area contributed by atoms with Crippen molar-refractivity contribution < 1.29 is 11.0 Å². The van der Waals surface area contributed by atoms with Gasteiger partial charge in [0.25, 0.3) is 0 Å². The summed E-state index contributed by atoms with van der Waals surface area (Å²) in [5, 5.41) is 1.88. The summed E-state index contributed by atoms with van der Waals surface area (Å²) in [6, 6.07) is 46.1. The fourth-order valence-corrected chi connectivity index (χ4v) is 7.90. The van der Waals surface area contributed by atoms with Crippen LogP contribution in [-0.4, -0.2) is 24.3 Å². The van der Waals surface area contributed by atoms with Gasteiger partial charge >= 0.3 is 0 Å². The molecular formula is C54H43N5. The Hall–Kier alpha value is -7.24. The zero-order chi connectivity index (χ0) is 46.9. The molecule has 0 bridgehead atoms. The Labute approximate surface area is 356 Å². The lowest BCUT2D eigenvalue weighted by Crippen LogP contribution is -1.98. The third-order valence-electron chi connectivity index (χ3n) is 10.7. The SMILES string of the molecule is [2H]C([2H])(c1ccc(-c2ccccn2)cc1)C([2H])([2H])c1cc(-c2ccccc2-c2ccc3c(c2)c2c(C)nc(C)n2c2cccnc32)cc(C([2H])([2H])C([2H])([2H])c2ccc(-c3ccccn3)cc2)c1. The molecule has 0 fully saturated rings. The monoisotopic (exact) mass is 769 g/mol. The van der Waals surface area contributed by atoms with Crippen LogP contribution in [-0.2, 0) is 25.5 Å². The van der Waals surface area contributed by atoms with Crippen molar-refractivity contribution in [3.05, 3.63) is 210 Å². The minimum absolute atomic E-state index is 0.0748. The van der Waals surface area contributed by atoms with Crippen LogP contribution in [0.3, 0.4) is 0 Å². The molecule has 59 heavy (non-hydrogen) atoms. The normalized spacial score (nSPS) is 14.5. The van der Waals surface area contributed by atoms with Crippen LogP contribution < -0.4 is 0 Å². The molecule has 0 aliphatic rings. The van der Waals surface area contributed by atoms with Gasteiger partial charge in [0.15, 0.2) is 0 Å². The Kier molecular flexibility index (Phi) is 7.46. The third kappa shape index (κ3) is 7.17. The second kappa shape index (κ2) is 15.6. The van der Waals surface area contributed by atoms with Crippen LogP contribution in [0.4, 0.5) is 0 Å². The van der Waals surface area contributed by atoms with Crippen molar-refractivity contribution in [2.45, 2.75) is 39.3 Å². The van der Waals surface area contributed by atoms with Gasteiger partial charge in [0.2, 0.25) is 0 Å². The minimum atomic E-state index is -2.76. The second-order valence-electron chi connectivity index (χ2n) is 14.5. The molecule has 5 nitrogen and oxygen atoms in total. The topological polar surface area (TPSA) is 56.0 Å². The van der Waals surface area contributed by atoms with E-state index in [1.807, 2.05) is 86.6 Å². The van der Waals surface area contributed by atoms with E-state index in [1.165, 1.54) is 6.07 Å². The number of hydrogen-bond acceptors (Lipinski definition) is 4. The highest BCUT2D eigenvalue weighted by Crippen LogP contribution is 2.38. The van der Waals surface area contributed by atoms with Crippen LogP contribution in [0.15, 0.2) is 176 Å². The summed E-state index contributed by atoms with van der Waals surface area (Å²) in [6.07, 6.45) is -5.68. The number of rotatable bonds is 10. The molecule has 10 aromatic rings. The first kappa shape index (κ1) is 28.2. The lowest BCUT2D eigenvalue weighted by molar-refractivity contribution is 0.931. The standard InChI is InChI=1S/C54H43N5/c1-36-54-49-35-44(27-28-48(49)53-52(14-9-31-57-53)59(54)37(2)58-36)46-10-3-4-11-47(46)45-33-40(17-15-38-19-23-42(24-20-38)50-12-5-7-29-55-50)32-41(34-45)18-16-39-21-25-43(26-22-39)51-13-6-8-30-56-51/h3-14,19-35H,15-18H2,1-2H3/i15D2,16D2,17D2,18D2. The van der Waals surface area contributed by atoms with Crippen LogP contribution in [0.25, 0.3) is 72.1 Å². The molecule has 0 aliphatic heterocycles. The average Bonchev–Trinajstić information content (AvgIpc) is 3.67. The van der Waals surface area contributed by atoms with Crippen molar-refractivity contribution in [3.8, 4) is 44.8 Å². The molecule has 284 valence electrons. The van der Waals surface area contributed by atoms with Crippen LogP contribution >= 0.6 is 0 Å². The van der Waals surface area contributed by atoms with E-state index in [9.17, 15) is 11.0 Å². The molecule has 0 saturated heterocycles. The number of pyridine rings is 4. The first-order valence-electron chi connectivity index (χ1n) is 23.5. The van der Waals surface area contributed by atoms with Gasteiger partial charge in [-0.05, 0) is 126 Å². The predicted octanol–water partition coefficient (Wildman–Crippen LogP) is 12.7. The van der Waals surface area contributed by atoms with E-state index >= 15 is 0 Å². The van der Waals surface area contributed by atoms with Gasteiger partial charge in [0, 0.05) is 51.5 Å². The number of nitrogens with zero attached hydrogens (tertiary/aromatic N) is 5. The van der Waals surface area contributed by atoms with E-state index < -0.39 is 25.5 Å². The Morgan fingerprint density at radius 3 is 1.59 bits per heavy atom. The van der Waals surface area contributed by atoms with E-state index in [0.717, 1.165) is 61.1 Å². The molecule has 5 heterocycles. The van der Waals surface area contributed by atoms with Crippen LogP contribution in [0.2, 0.25) is 0 Å². The van der Waals surface area contributed by atoms with E-state index in [4.69, 9.17) is 9.97 Å². The third-order valence-corrected chi connectivity index (χ3v) is 10.7. The molecule has 0 radical (unpaired) electrons. The van der Waals surface area contributed by atoms with Crippen molar-refractivity contribution in [3.63, 3.8) is 0 Å². The highest BCUT2D eigenvalue weighted by molar-refractivity contribution is 6.13. The molecule has 0 saturated carbocycles. The minimum Gasteiger partial charge on any atom is -0.294 e. The highest BCUT2D eigenvalue weighted by Gasteiger charge is 2.17. The molecule has 5 aromatic carbocycles. The van der Waals surface area contributed by atoms with Gasteiger partial charge in [-0.15, -0.1) is 0 Å². The molecule has 0 N–H and O–H groups in total. The number of aromatic nitrogens is 5. The molecule has 5 aromatic heterocycles. The number of benzene rings is 5. The molecule has 0 amide bonds. The van der Waals surface area contributed by atoms with E-state index in [0.29, 0.717) is 22.5 Å². The van der Waals surface area contributed by atoms with Crippen molar-refractivity contribution >= 4 is 27.3 Å². The Bertz CT molecular complexity index is 3360. The number of aryl methyl sites for hydroxylation is 6. The fraction of sp³-hybridized carbons (Fsp3) is 0.111. The van der Waals surface area contributed by atoms with Crippen LogP contribution in [0, 0.1) is 13.8 Å². The first-order chi connectivity index (χ1) is 32.1. The zero-order valence-electron chi connectivity index (χ0n) is 40.5. The van der Waals surface area contributed by atoms with Crippen molar-refractivity contribution in [2.75, 3.05) is 0 Å². The Balaban J connectivity index is 1.14. The predicted molar refractivity (Wildman–Crippen MR) is 243 cm³/mol. The highest BCUT2D eigenvalue weighted by atomic mass is 15.0. The number of fused-ring (bicyclic) bond motifs is 6. The van der Waals surface area contributed by atoms with Gasteiger partial charge in [-0.2, -0.15) is 0 Å². The van der Waals surface area contributed by atoms with Crippen LogP contribution in [0.5, 0.6) is 0 Å². The van der Waals surface area contributed by atoms with Gasteiger partial charge < -0.3 is 0 Å². The lowest BCUT2D eigenvalue weighted by atomic mass is 9.89. The smallest absolute Gasteiger partial charge is 0.110 e. The summed E-state index contributed by atoms with van der Waals surface area (Å²) in [6.45, 7) is 3.96. The molecule has 0 spiro atoms. The molecule has 5 heteroatoms. The van der Waals surface area contributed by atoms with Crippen molar-refractivity contribution in [1.29, 1.82) is 0 Å². The average molecular weight is 770 g/mol. The maximum absolute atomic E-state index is 9.63. The fourth-order valence-electron chi connectivity index (χ4n) is 7.90. The van der Waals surface area contributed by atoms with Crippen LogP contribution in [0.1, 0.15) is 44.7 Å². The number of hydrogen-bond donors (Lipinski definition) is 0. The van der Waals surface area contributed by atoms with Gasteiger partial charge in [-0.25, -0.2) is 4.98 Å². The lowest BCUT2D eigenvalue weighted by Gasteiger charge is -2.16. The summed E-state index contributed by atoms with van der Waals surface area (Å²) in [4.78, 5) is 18.4. The first-order valence-corrected chi connectivity index (χ1v) is 19.5. The summed E-state index contributed by atoms with van der Waals surface area (Å²) in [5.74, 6) is 0.833. The van der Waals surface area contributed by atoms with E-state index in [-0.39, 0.29) is 22.3 Å². The van der Waals surface area contributed by atoms with Crippen molar-refractivity contribution in [2.24, 2.45) is 0 Å². The summed E-state index contributed by atoms with van der Waals surface area (Å²) < 4.78 is 78.3.